The number of aryl methyl sites for hydroxylation is 1. The van der Waals surface area contributed by atoms with Crippen LogP contribution in [0, 0.1) is 0 Å². The van der Waals surface area contributed by atoms with E-state index in [9.17, 15) is 18.0 Å². The van der Waals surface area contributed by atoms with Crippen LogP contribution in [0.3, 0.4) is 0 Å². The fraction of sp³-hybridized carbons (Fsp3) is 0.538. The number of carbonyl (C=O) groups is 2. The van der Waals surface area contributed by atoms with Gasteiger partial charge in [0, 0.05) is 19.3 Å². The normalized spacial score (nSPS) is 21.7. The highest BCUT2D eigenvalue weighted by molar-refractivity contribution is 7.91. The molecule has 0 aliphatic carbocycles. The van der Waals surface area contributed by atoms with Crippen molar-refractivity contribution in [2.75, 3.05) is 11.5 Å². The molecule has 2 atom stereocenters. The number of nitrogens with zero attached hydrogens (tertiary/aromatic N) is 1. The predicted octanol–water partition coefficient (Wildman–Crippen LogP) is -0.126. The number of hydrogen-bond acceptors (Lipinski definition) is 5. The number of aromatic nitrogens is 1. The Morgan fingerprint density at radius 1 is 1.48 bits per heavy atom. The second kappa shape index (κ2) is 5.88. The van der Waals surface area contributed by atoms with Crippen LogP contribution in [-0.2, 0) is 26.4 Å². The van der Waals surface area contributed by atoms with Crippen molar-refractivity contribution in [2.24, 2.45) is 7.05 Å². The van der Waals surface area contributed by atoms with Gasteiger partial charge in [-0.2, -0.15) is 0 Å². The van der Waals surface area contributed by atoms with E-state index in [0.29, 0.717) is 12.1 Å². The van der Waals surface area contributed by atoms with Crippen LogP contribution in [0.15, 0.2) is 18.3 Å². The standard InChI is InChI=1S/C13H18N2O5S/c1-9(20-13(17)11-4-3-6-15(11)2)12(16)14-10-5-7-21(18,19)8-10/h3-4,6,9-10H,5,7-8H2,1-2H3,(H,14,16)/t9-,10+/m0/s1. The minimum Gasteiger partial charge on any atom is -0.448 e. The molecule has 0 bridgehead atoms. The van der Waals surface area contributed by atoms with Gasteiger partial charge in [-0.1, -0.05) is 0 Å². The van der Waals surface area contributed by atoms with Gasteiger partial charge in [-0.15, -0.1) is 0 Å². The van der Waals surface area contributed by atoms with Crippen LogP contribution in [0.2, 0.25) is 0 Å². The van der Waals surface area contributed by atoms with Crippen molar-refractivity contribution in [1.29, 1.82) is 0 Å². The number of nitrogens with one attached hydrogen (secondary N) is 1. The highest BCUT2D eigenvalue weighted by atomic mass is 32.2. The molecule has 1 amide bonds. The topological polar surface area (TPSA) is 94.5 Å². The highest BCUT2D eigenvalue weighted by Gasteiger charge is 2.30. The van der Waals surface area contributed by atoms with Crippen molar-refractivity contribution in [3.8, 4) is 0 Å². The monoisotopic (exact) mass is 314 g/mol. The molecule has 0 aromatic carbocycles. The SMILES string of the molecule is C[C@H](OC(=O)c1cccn1C)C(=O)N[C@@H]1CCS(=O)(=O)C1. The smallest absolute Gasteiger partial charge is 0.355 e. The van der Waals surface area contributed by atoms with E-state index in [1.807, 2.05) is 0 Å². The lowest BCUT2D eigenvalue weighted by Crippen LogP contribution is -2.42. The molecule has 1 aromatic rings. The summed E-state index contributed by atoms with van der Waals surface area (Å²) in [5, 5.41) is 2.60. The first-order chi connectivity index (χ1) is 9.78. The minimum atomic E-state index is -3.06. The molecule has 0 radical (unpaired) electrons. The Hall–Kier alpha value is -1.83. The van der Waals surface area contributed by atoms with Gasteiger partial charge in [-0.05, 0) is 25.5 Å². The van der Waals surface area contributed by atoms with E-state index in [2.05, 4.69) is 5.32 Å². The molecule has 2 rings (SSSR count). The van der Waals surface area contributed by atoms with Crippen molar-refractivity contribution >= 4 is 21.7 Å². The molecule has 116 valence electrons. The Kier molecular flexibility index (Phi) is 4.36. The highest BCUT2D eigenvalue weighted by Crippen LogP contribution is 2.12. The molecule has 1 aliphatic rings. The quantitative estimate of drug-likeness (QED) is 0.782. The number of amides is 1. The van der Waals surface area contributed by atoms with Crippen LogP contribution in [0.1, 0.15) is 23.8 Å². The maximum Gasteiger partial charge on any atom is 0.355 e. The van der Waals surface area contributed by atoms with Gasteiger partial charge in [0.2, 0.25) is 0 Å². The predicted molar refractivity (Wildman–Crippen MR) is 75.5 cm³/mol. The van der Waals surface area contributed by atoms with E-state index >= 15 is 0 Å². The van der Waals surface area contributed by atoms with Crippen LogP contribution in [-0.4, -0.2) is 48.5 Å². The molecule has 1 aliphatic heterocycles. The Labute approximate surface area is 123 Å². The van der Waals surface area contributed by atoms with E-state index in [1.54, 1.807) is 29.9 Å². The molecule has 21 heavy (non-hydrogen) atoms. The molecule has 0 saturated carbocycles. The molecule has 7 nitrogen and oxygen atoms in total. The summed E-state index contributed by atoms with van der Waals surface area (Å²) in [6.45, 7) is 1.46. The second-order valence-corrected chi connectivity index (χ2v) is 7.39. The number of esters is 1. The molecule has 1 fully saturated rings. The molecule has 8 heteroatoms. The van der Waals surface area contributed by atoms with E-state index in [0.717, 1.165) is 0 Å². The fourth-order valence-corrected chi connectivity index (χ4v) is 3.85. The van der Waals surface area contributed by atoms with Crippen molar-refractivity contribution in [3.63, 3.8) is 0 Å². The first-order valence-electron chi connectivity index (χ1n) is 6.61. The van der Waals surface area contributed by atoms with Crippen LogP contribution < -0.4 is 5.32 Å². The van der Waals surface area contributed by atoms with Crippen molar-refractivity contribution < 1.29 is 22.7 Å². The van der Waals surface area contributed by atoms with Gasteiger partial charge in [0.25, 0.3) is 5.91 Å². The maximum absolute atomic E-state index is 11.9. The Morgan fingerprint density at radius 3 is 2.71 bits per heavy atom. The molecule has 0 unspecified atom stereocenters. The first kappa shape index (κ1) is 15.6. The van der Waals surface area contributed by atoms with Gasteiger partial charge in [0.05, 0.1) is 11.5 Å². The van der Waals surface area contributed by atoms with Crippen molar-refractivity contribution in [2.45, 2.75) is 25.5 Å². The second-order valence-electron chi connectivity index (χ2n) is 5.16. The summed E-state index contributed by atoms with van der Waals surface area (Å²) >= 11 is 0. The molecular weight excluding hydrogens is 296 g/mol. The number of sulfone groups is 1. The third-order valence-corrected chi connectivity index (χ3v) is 5.15. The summed E-state index contributed by atoms with van der Waals surface area (Å²) < 4.78 is 29.3. The van der Waals surface area contributed by atoms with Crippen LogP contribution in [0.4, 0.5) is 0 Å². The van der Waals surface area contributed by atoms with Gasteiger partial charge < -0.3 is 14.6 Å². The molecule has 1 aromatic heterocycles. The average Bonchev–Trinajstić information content (AvgIpc) is 2.95. The minimum absolute atomic E-state index is 0.0583. The number of ether oxygens (including phenoxy) is 1. The van der Waals surface area contributed by atoms with Crippen LogP contribution in [0.25, 0.3) is 0 Å². The van der Waals surface area contributed by atoms with E-state index in [4.69, 9.17) is 4.74 Å². The third-order valence-electron chi connectivity index (χ3n) is 3.38. The summed E-state index contributed by atoms with van der Waals surface area (Å²) in [4.78, 5) is 23.8. The van der Waals surface area contributed by atoms with Gasteiger partial charge in [-0.25, -0.2) is 13.2 Å². The van der Waals surface area contributed by atoms with Gasteiger partial charge in [0.1, 0.15) is 5.69 Å². The van der Waals surface area contributed by atoms with Gasteiger partial charge in [-0.3, -0.25) is 4.79 Å². The van der Waals surface area contributed by atoms with Crippen LogP contribution in [0.5, 0.6) is 0 Å². The summed E-state index contributed by atoms with van der Waals surface area (Å²) in [5.74, 6) is -1.06. The average molecular weight is 314 g/mol. The fourth-order valence-electron chi connectivity index (χ4n) is 2.18. The van der Waals surface area contributed by atoms with E-state index in [-0.39, 0.29) is 11.5 Å². The maximum atomic E-state index is 11.9. The van der Waals surface area contributed by atoms with Crippen molar-refractivity contribution in [1.82, 2.24) is 9.88 Å². The lowest BCUT2D eigenvalue weighted by molar-refractivity contribution is -0.129. The van der Waals surface area contributed by atoms with Crippen molar-refractivity contribution in [3.05, 3.63) is 24.0 Å². The van der Waals surface area contributed by atoms with E-state index < -0.39 is 33.9 Å². The zero-order valence-electron chi connectivity index (χ0n) is 11.9. The van der Waals surface area contributed by atoms with Crippen LogP contribution >= 0.6 is 0 Å². The van der Waals surface area contributed by atoms with Gasteiger partial charge in [0.15, 0.2) is 15.9 Å². The number of rotatable bonds is 4. The Bertz CT molecular complexity index is 649. The summed E-state index contributed by atoms with van der Waals surface area (Å²) in [6.07, 6.45) is 1.12. The van der Waals surface area contributed by atoms with Gasteiger partial charge >= 0.3 is 5.97 Å². The Morgan fingerprint density at radius 2 is 2.19 bits per heavy atom. The number of carbonyl (C=O) groups excluding carboxylic acids is 2. The largest absolute Gasteiger partial charge is 0.448 e. The van der Waals surface area contributed by atoms with E-state index in [1.165, 1.54) is 6.92 Å². The third kappa shape index (κ3) is 3.84. The Balaban J connectivity index is 1.89. The summed E-state index contributed by atoms with van der Waals surface area (Å²) in [6, 6.07) is 2.89. The number of hydrogen-bond donors (Lipinski definition) is 1. The molecule has 2 heterocycles. The zero-order valence-corrected chi connectivity index (χ0v) is 12.7. The lowest BCUT2D eigenvalue weighted by Gasteiger charge is -2.16. The lowest BCUT2D eigenvalue weighted by atomic mass is 10.2. The molecular formula is C13H18N2O5S. The molecule has 0 spiro atoms. The summed E-state index contributed by atoms with van der Waals surface area (Å²) in [5.41, 5.74) is 0.345. The first-order valence-corrected chi connectivity index (χ1v) is 8.44. The zero-order chi connectivity index (χ0) is 15.6. The summed E-state index contributed by atoms with van der Waals surface area (Å²) in [7, 11) is -1.36. The molecule has 1 saturated heterocycles. The molecule has 1 N–H and O–H groups in total.